The van der Waals surface area contributed by atoms with Gasteiger partial charge in [0.15, 0.2) is 0 Å². The van der Waals surface area contributed by atoms with Crippen LogP contribution in [0.4, 0.5) is 4.79 Å². The zero-order chi connectivity index (χ0) is 13.9. The first-order chi connectivity index (χ1) is 8.36. The fourth-order valence-corrected chi connectivity index (χ4v) is 1.39. The maximum Gasteiger partial charge on any atom is 0.328 e. The lowest BCUT2D eigenvalue weighted by atomic mass is 10.3. The number of hydrogen-bond acceptors (Lipinski definition) is 5. The van der Waals surface area contributed by atoms with Gasteiger partial charge in [0.05, 0.1) is 6.61 Å². The molecule has 1 rings (SSSR count). The van der Waals surface area contributed by atoms with E-state index in [-0.39, 0.29) is 6.54 Å². The Morgan fingerprint density at radius 2 is 2.06 bits per heavy atom. The highest BCUT2D eigenvalue weighted by molar-refractivity contribution is 6.04. The topological polar surface area (TPSA) is 127 Å². The lowest BCUT2D eigenvalue weighted by molar-refractivity contribution is -0.143. The van der Waals surface area contributed by atoms with Crippen molar-refractivity contribution in [2.75, 3.05) is 26.7 Å². The highest BCUT2D eigenvalue weighted by atomic mass is 16.4. The average Bonchev–Trinajstić information content (AvgIpc) is 2.52. The molecular formula is C9H13N3O6. The number of aliphatic carboxylic acids is 1. The van der Waals surface area contributed by atoms with Crippen LogP contribution in [-0.4, -0.2) is 76.6 Å². The summed E-state index contributed by atoms with van der Waals surface area (Å²) >= 11 is 0. The van der Waals surface area contributed by atoms with Crippen LogP contribution < -0.4 is 5.32 Å². The first-order valence-electron chi connectivity index (χ1n) is 5.05. The number of carbonyl (C=O) groups excluding carboxylic acids is 3. The van der Waals surface area contributed by atoms with E-state index in [0.717, 1.165) is 4.90 Å². The number of carboxylic acids is 1. The highest BCUT2D eigenvalue weighted by Gasteiger charge is 2.35. The number of imide groups is 1. The van der Waals surface area contributed by atoms with Crippen LogP contribution in [0.1, 0.15) is 0 Å². The van der Waals surface area contributed by atoms with Gasteiger partial charge in [-0.1, -0.05) is 0 Å². The van der Waals surface area contributed by atoms with Crippen molar-refractivity contribution in [3.8, 4) is 0 Å². The number of nitrogens with zero attached hydrogens (tertiary/aromatic N) is 2. The van der Waals surface area contributed by atoms with Crippen LogP contribution in [0.3, 0.4) is 0 Å². The molecule has 1 aliphatic rings. The van der Waals surface area contributed by atoms with Crippen molar-refractivity contribution in [1.29, 1.82) is 0 Å². The van der Waals surface area contributed by atoms with E-state index in [4.69, 9.17) is 10.2 Å². The number of aliphatic hydroxyl groups excluding tert-OH is 1. The summed E-state index contributed by atoms with van der Waals surface area (Å²) in [6.07, 6.45) is 0. The Kier molecular flexibility index (Phi) is 4.21. The summed E-state index contributed by atoms with van der Waals surface area (Å²) < 4.78 is 0. The Bertz CT molecular complexity index is 396. The quantitative estimate of drug-likeness (QED) is 0.466. The number of nitrogens with one attached hydrogen (secondary N) is 1. The Morgan fingerprint density at radius 3 is 2.44 bits per heavy atom. The molecule has 18 heavy (non-hydrogen) atoms. The van der Waals surface area contributed by atoms with Crippen molar-refractivity contribution in [2.45, 2.75) is 6.04 Å². The molecular weight excluding hydrogens is 246 g/mol. The molecule has 1 atom stereocenters. The standard InChI is InChI=1S/C9H13N3O6/c1-11-3-7(15)12(9(11)18)2-6(14)10-5(4-13)8(16)17/h5,13H,2-4H2,1H3,(H,10,14)(H,16,17). The maximum absolute atomic E-state index is 11.4. The van der Waals surface area contributed by atoms with E-state index in [1.807, 2.05) is 5.32 Å². The summed E-state index contributed by atoms with van der Waals surface area (Å²) in [5, 5.41) is 19.3. The number of urea groups is 1. The van der Waals surface area contributed by atoms with Crippen LogP contribution in [0, 0.1) is 0 Å². The van der Waals surface area contributed by atoms with Crippen LogP contribution in [0.25, 0.3) is 0 Å². The van der Waals surface area contributed by atoms with E-state index >= 15 is 0 Å². The minimum atomic E-state index is -1.46. The van der Waals surface area contributed by atoms with E-state index in [2.05, 4.69) is 0 Å². The summed E-state index contributed by atoms with van der Waals surface area (Å²) in [7, 11) is 1.41. The lowest BCUT2D eigenvalue weighted by Crippen LogP contribution is -2.48. The van der Waals surface area contributed by atoms with Crippen molar-refractivity contribution in [3.63, 3.8) is 0 Å². The van der Waals surface area contributed by atoms with Gasteiger partial charge in [0.2, 0.25) is 5.91 Å². The third-order valence-corrected chi connectivity index (χ3v) is 2.35. The summed E-state index contributed by atoms with van der Waals surface area (Å²) in [6.45, 7) is -1.46. The summed E-state index contributed by atoms with van der Waals surface area (Å²) in [5.41, 5.74) is 0. The third-order valence-electron chi connectivity index (χ3n) is 2.35. The molecule has 1 fully saturated rings. The molecule has 0 aromatic carbocycles. The van der Waals surface area contributed by atoms with Gasteiger partial charge in [-0.2, -0.15) is 0 Å². The Balaban J connectivity index is 2.57. The Labute approximate surface area is 102 Å². The molecule has 100 valence electrons. The van der Waals surface area contributed by atoms with Crippen molar-refractivity contribution in [1.82, 2.24) is 15.1 Å². The van der Waals surface area contributed by atoms with Crippen molar-refractivity contribution >= 4 is 23.8 Å². The highest BCUT2D eigenvalue weighted by Crippen LogP contribution is 2.06. The second-order valence-corrected chi connectivity index (χ2v) is 3.76. The van der Waals surface area contributed by atoms with Crippen molar-refractivity contribution in [3.05, 3.63) is 0 Å². The molecule has 1 saturated heterocycles. The first-order valence-corrected chi connectivity index (χ1v) is 5.05. The van der Waals surface area contributed by atoms with Crippen LogP contribution in [0.15, 0.2) is 0 Å². The third kappa shape index (κ3) is 2.94. The molecule has 0 aliphatic carbocycles. The number of rotatable bonds is 5. The molecule has 0 spiro atoms. The molecule has 1 heterocycles. The number of carbonyl (C=O) groups is 4. The normalized spacial score (nSPS) is 17.0. The zero-order valence-electron chi connectivity index (χ0n) is 9.62. The molecule has 0 bridgehead atoms. The molecule has 0 radical (unpaired) electrons. The molecule has 0 saturated carbocycles. The number of hydrogen-bond donors (Lipinski definition) is 3. The van der Waals surface area contributed by atoms with Gasteiger partial charge in [-0.05, 0) is 0 Å². The molecule has 0 aromatic rings. The van der Waals surface area contributed by atoms with Crippen molar-refractivity contribution < 1.29 is 29.4 Å². The zero-order valence-corrected chi connectivity index (χ0v) is 9.62. The predicted molar refractivity (Wildman–Crippen MR) is 56.4 cm³/mol. The number of aliphatic hydroxyl groups is 1. The molecule has 9 heteroatoms. The van der Waals surface area contributed by atoms with Crippen molar-refractivity contribution in [2.24, 2.45) is 0 Å². The van der Waals surface area contributed by atoms with Gasteiger partial charge < -0.3 is 20.4 Å². The number of carboxylic acid groups (broad SMARTS) is 1. The first kappa shape index (κ1) is 13.9. The minimum Gasteiger partial charge on any atom is -0.480 e. The summed E-state index contributed by atoms with van der Waals surface area (Å²) in [6, 6.07) is -2.07. The van der Waals surface area contributed by atoms with Crippen LogP contribution in [-0.2, 0) is 14.4 Å². The predicted octanol–water partition coefficient (Wildman–Crippen LogP) is -2.56. The fourth-order valence-electron chi connectivity index (χ4n) is 1.39. The minimum absolute atomic E-state index is 0.117. The van der Waals surface area contributed by atoms with Gasteiger partial charge in [-0.3, -0.25) is 14.5 Å². The van der Waals surface area contributed by atoms with E-state index in [9.17, 15) is 19.2 Å². The maximum atomic E-state index is 11.4. The number of likely N-dealkylation sites (N-methyl/N-ethyl adjacent to an activating group) is 1. The van der Waals surface area contributed by atoms with E-state index in [0.29, 0.717) is 4.90 Å². The second-order valence-electron chi connectivity index (χ2n) is 3.76. The smallest absolute Gasteiger partial charge is 0.328 e. The van der Waals surface area contributed by atoms with E-state index < -0.39 is 43.0 Å². The Morgan fingerprint density at radius 1 is 1.44 bits per heavy atom. The Hall–Kier alpha value is -2.16. The molecule has 3 N–H and O–H groups in total. The van der Waals surface area contributed by atoms with Gasteiger partial charge in [0.25, 0.3) is 5.91 Å². The van der Waals surface area contributed by atoms with Crippen LogP contribution in [0.5, 0.6) is 0 Å². The lowest BCUT2D eigenvalue weighted by Gasteiger charge is -2.16. The molecule has 1 unspecified atom stereocenters. The monoisotopic (exact) mass is 259 g/mol. The summed E-state index contributed by atoms with van der Waals surface area (Å²) in [5.74, 6) is -2.76. The fraction of sp³-hybridized carbons (Fsp3) is 0.556. The largest absolute Gasteiger partial charge is 0.480 e. The van der Waals surface area contributed by atoms with E-state index in [1.165, 1.54) is 7.05 Å². The molecule has 4 amide bonds. The van der Waals surface area contributed by atoms with Crippen LogP contribution in [0.2, 0.25) is 0 Å². The van der Waals surface area contributed by atoms with Gasteiger partial charge in [-0.25, -0.2) is 9.59 Å². The van der Waals surface area contributed by atoms with Gasteiger partial charge in [-0.15, -0.1) is 0 Å². The molecule has 1 aliphatic heterocycles. The van der Waals surface area contributed by atoms with Gasteiger partial charge >= 0.3 is 12.0 Å². The second kappa shape index (κ2) is 5.45. The average molecular weight is 259 g/mol. The molecule has 9 nitrogen and oxygen atoms in total. The van der Waals surface area contributed by atoms with E-state index in [1.54, 1.807) is 0 Å². The van der Waals surface area contributed by atoms with Crippen LogP contribution >= 0.6 is 0 Å². The van der Waals surface area contributed by atoms with Gasteiger partial charge in [0.1, 0.15) is 19.1 Å². The summed E-state index contributed by atoms with van der Waals surface area (Å²) in [4.78, 5) is 46.6. The van der Waals surface area contributed by atoms with Gasteiger partial charge in [0, 0.05) is 7.05 Å². The SMILES string of the molecule is CN1CC(=O)N(CC(=O)NC(CO)C(=O)O)C1=O. The number of amides is 4. The molecule has 0 aromatic heterocycles.